The standard InChI is InChI=1S/C34H47N7O9/c1-7-41-25(19-22(3)39-41)31(45)38-32-37-24-20-23(30(35)44)21-26(48-17-12-18-49-28(43)14-11-13-27(42)47-8-2)29(24)40(32)16-10-9-15-36-33(46)50-34(4,5)6/h9-10,19-21H,7-8,11-18H2,1-6H3,(H2,35,44)(H,36,46)(H,37,38,45)/b10-9+. The van der Waals surface area contributed by atoms with Crippen molar-refractivity contribution < 1.29 is 42.9 Å². The number of anilines is 1. The predicted octanol–water partition coefficient (Wildman–Crippen LogP) is 4.04. The first-order chi connectivity index (χ1) is 23.7. The van der Waals surface area contributed by atoms with Gasteiger partial charge in [-0.25, -0.2) is 9.78 Å². The fourth-order valence-electron chi connectivity index (χ4n) is 4.72. The number of aryl methyl sites for hydroxylation is 2. The lowest BCUT2D eigenvalue weighted by Gasteiger charge is -2.19. The fourth-order valence-corrected chi connectivity index (χ4v) is 4.72. The van der Waals surface area contributed by atoms with Crippen LogP contribution in [0.4, 0.5) is 10.7 Å². The first-order valence-corrected chi connectivity index (χ1v) is 16.5. The van der Waals surface area contributed by atoms with Gasteiger partial charge in [-0.3, -0.25) is 29.2 Å². The number of primary amides is 1. The zero-order chi connectivity index (χ0) is 36.8. The molecule has 0 aliphatic heterocycles. The molecular weight excluding hydrogens is 650 g/mol. The van der Waals surface area contributed by atoms with Gasteiger partial charge in [0.15, 0.2) is 0 Å². The van der Waals surface area contributed by atoms with Crippen molar-refractivity contribution in [2.24, 2.45) is 5.73 Å². The average Bonchev–Trinajstić information content (AvgIpc) is 3.59. The van der Waals surface area contributed by atoms with E-state index in [1.165, 1.54) is 12.1 Å². The van der Waals surface area contributed by atoms with Crippen LogP contribution in [0.5, 0.6) is 5.75 Å². The van der Waals surface area contributed by atoms with Crippen LogP contribution in [-0.4, -0.2) is 81.1 Å². The number of nitrogens with zero attached hydrogens (tertiary/aromatic N) is 4. The second kappa shape index (κ2) is 18.4. The number of alkyl carbamates (subject to hydrolysis) is 1. The number of fused-ring (bicyclic) bond motifs is 1. The van der Waals surface area contributed by atoms with Gasteiger partial charge in [-0.05, 0) is 66.2 Å². The summed E-state index contributed by atoms with van der Waals surface area (Å²) in [5, 5.41) is 9.86. The molecule has 2 aromatic heterocycles. The summed E-state index contributed by atoms with van der Waals surface area (Å²) in [6.07, 6.45) is 3.77. The lowest BCUT2D eigenvalue weighted by atomic mass is 10.1. The molecule has 0 fully saturated rings. The molecule has 0 saturated carbocycles. The van der Waals surface area contributed by atoms with Crippen molar-refractivity contribution in [1.29, 1.82) is 0 Å². The van der Waals surface area contributed by atoms with Crippen molar-refractivity contribution in [2.45, 2.75) is 85.9 Å². The molecule has 2 heterocycles. The molecule has 0 atom stereocenters. The first-order valence-electron chi connectivity index (χ1n) is 16.5. The van der Waals surface area contributed by atoms with E-state index in [0.29, 0.717) is 41.8 Å². The van der Waals surface area contributed by atoms with Crippen molar-refractivity contribution in [3.05, 3.63) is 47.3 Å². The number of hydrogen-bond donors (Lipinski definition) is 3. The number of carbonyl (C=O) groups excluding carboxylic acids is 5. The van der Waals surface area contributed by atoms with E-state index >= 15 is 0 Å². The van der Waals surface area contributed by atoms with Crippen LogP contribution in [0, 0.1) is 6.92 Å². The van der Waals surface area contributed by atoms with E-state index in [9.17, 15) is 24.0 Å². The highest BCUT2D eigenvalue weighted by Gasteiger charge is 2.22. The molecule has 0 aliphatic carbocycles. The smallest absolute Gasteiger partial charge is 0.407 e. The van der Waals surface area contributed by atoms with Crippen LogP contribution < -0.4 is 21.1 Å². The number of imidazole rings is 1. The number of esters is 2. The molecule has 0 unspecified atom stereocenters. The Morgan fingerprint density at radius 3 is 2.34 bits per heavy atom. The average molecular weight is 698 g/mol. The van der Waals surface area contributed by atoms with E-state index in [1.54, 1.807) is 62.1 Å². The third-order valence-electron chi connectivity index (χ3n) is 6.85. The maximum absolute atomic E-state index is 13.4. The summed E-state index contributed by atoms with van der Waals surface area (Å²) in [4.78, 5) is 65.9. The lowest BCUT2D eigenvalue weighted by Crippen LogP contribution is -2.32. The Labute approximate surface area is 290 Å². The third-order valence-corrected chi connectivity index (χ3v) is 6.85. The topological polar surface area (TPSA) is 208 Å². The van der Waals surface area contributed by atoms with E-state index < -0.39 is 29.5 Å². The molecule has 16 nitrogen and oxygen atoms in total. The lowest BCUT2D eigenvalue weighted by molar-refractivity contribution is -0.145. The molecule has 3 aromatic rings. The molecule has 0 bridgehead atoms. The van der Waals surface area contributed by atoms with Crippen LogP contribution in [0.3, 0.4) is 0 Å². The number of hydrogen-bond acceptors (Lipinski definition) is 11. The normalized spacial score (nSPS) is 11.4. The van der Waals surface area contributed by atoms with Gasteiger partial charge in [0.25, 0.3) is 5.91 Å². The molecule has 0 radical (unpaired) electrons. The Bertz CT molecular complexity index is 1700. The SMILES string of the molecule is CCOC(=O)CCCC(=O)OCCCOc1cc(C(N)=O)cc2nc(NC(=O)c3cc(C)nn3CC)n(C/C=C/CNC(=O)OC(C)(C)C)c12. The van der Waals surface area contributed by atoms with E-state index in [2.05, 4.69) is 20.7 Å². The number of ether oxygens (including phenoxy) is 4. The summed E-state index contributed by atoms with van der Waals surface area (Å²) >= 11 is 0. The maximum Gasteiger partial charge on any atom is 0.407 e. The zero-order valence-electron chi connectivity index (χ0n) is 29.5. The second-order valence-corrected chi connectivity index (χ2v) is 12.1. The molecule has 50 heavy (non-hydrogen) atoms. The summed E-state index contributed by atoms with van der Waals surface area (Å²) in [7, 11) is 0. The van der Waals surface area contributed by atoms with Gasteiger partial charge in [0.1, 0.15) is 22.6 Å². The van der Waals surface area contributed by atoms with Crippen molar-refractivity contribution in [3.63, 3.8) is 0 Å². The van der Waals surface area contributed by atoms with E-state index in [0.717, 1.165) is 0 Å². The highest BCUT2D eigenvalue weighted by atomic mass is 16.6. The minimum atomic E-state index is -0.705. The number of rotatable bonds is 18. The van der Waals surface area contributed by atoms with Gasteiger partial charge in [-0.1, -0.05) is 12.2 Å². The number of benzene rings is 1. The summed E-state index contributed by atoms with van der Waals surface area (Å²) in [5.41, 5.74) is 6.93. The number of carbonyl (C=O) groups is 5. The van der Waals surface area contributed by atoms with Gasteiger partial charge in [-0.2, -0.15) is 5.10 Å². The quantitative estimate of drug-likeness (QED) is 0.0748. The molecule has 0 saturated heterocycles. The third kappa shape index (κ3) is 11.9. The number of aromatic nitrogens is 4. The molecule has 3 amide bonds. The number of nitrogens with one attached hydrogen (secondary N) is 2. The molecule has 4 N–H and O–H groups in total. The monoisotopic (exact) mass is 697 g/mol. The van der Waals surface area contributed by atoms with Gasteiger partial charge in [-0.15, -0.1) is 0 Å². The summed E-state index contributed by atoms with van der Waals surface area (Å²) in [5.74, 6) is -1.53. The Kier molecular flexibility index (Phi) is 14.3. The minimum Gasteiger partial charge on any atom is -0.491 e. The van der Waals surface area contributed by atoms with Crippen LogP contribution in [0.1, 0.15) is 86.8 Å². The van der Waals surface area contributed by atoms with Gasteiger partial charge in [0, 0.05) is 44.5 Å². The van der Waals surface area contributed by atoms with Crippen molar-refractivity contribution in [1.82, 2.24) is 24.6 Å². The summed E-state index contributed by atoms with van der Waals surface area (Å²) in [6, 6.07) is 4.66. The van der Waals surface area contributed by atoms with Gasteiger partial charge in [0.2, 0.25) is 11.9 Å². The molecule has 0 spiro atoms. The second-order valence-electron chi connectivity index (χ2n) is 12.1. The molecular formula is C34H47N7O9. The number of allylic oxidation sites excluding steroid dienone is 1. The highest BCUT2D eigenvalue weighted by Crippen LogP contribution is 2.31. The Morgan fingerprint density at radius 1 is 0.960 bits per heavy atom. The molecule has 0 aliphatic rings. The van der Waals surface area contributed by atoms with Crippen LogP contribution >= 0.6 is 0 Å². The van der Waals surface area contributed by atoms with Crippen molar-refractivity contribution >= 4 is 46.8 Å². The Hall–Kier alpha value is -5.41. The minimum absolute atomic E-state index is 0.0649. The summed E-state index contributed by atoms with van der Waals surface area (Å²) in [6.45, 7) is 12.0. The van der Waals surface area contributed by atoms with Gasteiger partial charge >= 0.3 is 18.0 Å². The predicted molar refractivity (Wildman–Crippen MR) is 184 cm³/mol. The zero-order valence-corrected chi connectivity index (χ0v) is 29.5. The molecule has 16 heteroatoms. The Morgan fingerprint density at radius 2 is 1.68 bits per heavy atom. The molecule has 272 valence electrons. The molecule has 1 aromatic carbocycles. The van der Waals surface area contributed by atoms with E-state index in [-0.39, 0.29) is 69.0 Å². The van der Waals surface area contributed by atoms with Crippen LogP contribution in [0.25, 0.3) is 11.0 Å². The fraction of sp³-hybridized carbons (Fsp3) is 0.500. The Balaban J connectivity index is 1.82. The maximum atomic E-state index is 13.4. The molecule has 3 rings (SSSR count). The van der Waals surface area contributed by atoms with E-state index in [1.807, 2.05) is 6.92 Å². The van der Waals surface area contributed by atoms with Gasteiger partial charge in [0.05, 0.1) is 31.0 Å². The summed E-state index contributed by atoms with van der Waals surface area (Å²) < 4.78 is 24.7. The van der Waals surface area contributed by atoms with Crippen LogP contribution in [0.2, 0.25) is 0 Å². The number of amides is 3. The van der Waals surface area contributed by atoms with Crippen LogP contribution in [-0.2, 0) is 36.9 Å². The van der Waals surface area contributed by atoms with Crippen molar-refractivity contribution in [2.75, 3.05) is 31.7 Å². The largest absolute Gasteiger partial charge is 0.491 e. The first kappa shape index (κ1) is 39.0. The van der Waals surface area contributed by atoms with Gasteiger partial charge < -0.3 is 34.6 Å². The number of nitrogens with two attached hydrogens (primary N) is 1. The van der Waals surface area contributed by atoms with Crippen molar-refractivity contribution in [3.8, 4) is 5.75 Å². The van der Waals surface area contributed by atoms with Crippen LogP contribution in [0.15, 0.2) is 30.4 Å². The van der Waals surface area contributed by atoms with E-state index in [4.69, 9.17) is 24.7 Å². The highest BCUT2D eigenvalue weighted by molar-refractivity contribution is 6.04.